The van der Waals surface area contributed by atoms with Crippen LogP contribution in [0.3, 0.4) is 0 Å². The highest BCUT2D eigenvalue weighted by atomic mass is 16.3. The van der Waals surface area contributed by atoms with Crippen molar-refractivity contribution >= 4 is 60.9 Å². The van der Waals surface area contributed by atoms with Gasteiger partial charge in [0.25, 0.3) is 0 Å². The van der Waals surface area contributed by atoms with Gasteiger partial charge >= 0.3 is 0 Å². The maximum atomic E-state index is 6.80. The number of para-hydroxylation sites is 3. The summed E-state index contributed by atoms with van der Waals surface area (Å²) in [6.45, 7) is 0. The number of nitrogens with zero attached hydrogens (tertiary/aromatic N) is 1. The molecule has 0 saturated carbocycles. The van der Waals surface area contributed by atoms with Gasteiger partial charge in [0.2, 0.25) is 0 Å². The Morgan fingerprint density at radius 1 is 0.294 bits per heavy atom. The van der Waals surface area contributed by atoms with Crippen LogP contribution in [0.2, 0.25) is 0 Å². The summed E-state index contributed by atoms with van der Waals surface area (Å²) >= 11 is 0. The molecular weight excluding hydrogens is 623 g/mol. The van der Waals surface area contributed by atoms with E-state index in [0.29, 0.717) is 0 Å². The summed E-state index contributed by atoms with van der Waals surface area (Å²) < 4.78 is 13.1. The van der Waals surface area contributed by atoms with E-state index in [9.17, 15) is 0 Å². The molecule has 0 unspecified atom stereocenters. The van der Waals surface area contributed by atoms with Gasteiger partial charge in [0.05, 0.1) is 0 Å². The van der Waals surface area contributed by atoms with Gasteiger partial charge in [-0.3, -0.25) is 0 Å². The third-order valence-electron chi connectivity index (χ3n) is 9.89. The summed E-state index contributed by atoms with van der Waals surface area (Å²) in [6, 6.07) is 66.0. The zero-order valence-corrected chi connectivity index (χ0v) is 27.7. The maximum absolute atomic E-state index is 6.80. The van der Waals surface area contributed by atoms with Crippen LogP contribution in [0, 0.1) is 0 Å². The second kappa shape index (κ2) is 11.9. The van der Waals surface area contributed by atoms with Crippen LogP contribution in [-0.4, -0.2) is 0 Å². The molecule has 10 rings (SSSR count). The molecule has 3 heteroatoms. The van der Waals surface area contributed by atoms with Gasteiger partial charge in [-0.2, -0.15) is 0 Å². The molecule has 0 aliphatic heterocycles. The first-order valence-corrected chi connectivity index (χ1v) is 17.3. The quantitative estimate of drug-likeness (QED) is 0.179. The fraction of sp³-hybridized carbons (Fsp3) is 0. The van der Waals surface area contributed by atoms with Crippen molar-refractivity contribution in [2.75, 3.05) is 4.90 Å². The fourth-order valence-corrected chi connectivity index (χ4v) is 7.51. The highest BCUT2D eigenvalue weighted by Crippen LogP contribution is 2.46. The number of hydrogen-bond acceptors (Lipinski definition) is 3. The Bertz CT molecular complexity index is 2780. The van der Waals surface area contributed by atoms with Gasteiger partial charge in [-0.1, -0.05) is 127 Å². The van der Waals surface area contributed by atoms with Crippen molar-refractivity contribution in [3.8, 4) is 33.4 Å². The Labute approximate surface area is 295 Å². The number of anilines is 3. The first-order chi connectivity index (χ1) is 25.3. The molecular formula is C48H31NO2. The Morgan fingerprint density at radius 3 is 1.45 bits per heavy atom. The van der Waals surface area contributed by atoms with E-state index in [-0.39, 0.29) is 0 Å². The Kier molecular flexibility index (Phi) is 6.81. The zero-order chi connectivity index (χ0) is 33.7. The van der Waals surface area contributed by atoms with E-state index in [4.69, 9.17) is 8.83 Å². The van der Waals surface area contributed by atoms with Gasteiger partial charge in [-0.05, 0) is 88.5 Å². The van der Waals surface area contributed by atoms with Crippen LogP contribution >= 0.6 is 0 Å². The lowest BCUT2D eigenvalue weighted by atomic mass is 9.93. The Hall–Kier alpha value is -6.84. The molecule has 0 radical (unpaired) electrons. The molecule has 8 aromatic carbocycles. The minimum absolute atomic E-state index is 0.852. The monoisotopic (exact) mass is 653 g/mol. The average molecular weight is 654 g/mol. The van der Waals surface area contributed by atoms with Crippen LogP contribution in [0.5, 0.6) is 0 Å². The van der Waals surface area contributed by atoms with Gasteiger partial charge < -0.3 is 13.7 Å². The topological polar surface area (TPSA) is 29.5 Å². The SMILES string of the molecule is c1ccc(-c2ccc(-c3ccc(-c4ccc(N(c5ccccc5)c5ccccc5)cc4)cc3)c3oc4ccc5oc6ccccc6c5c4c23)cc1. The van der Waals surface area contributed by atoms with Gasteiger partial charge in [0.1, 0.15) is 22.3 Å². The number of fused-ring (bicyclic) bond motifs is 7. The minimum atomic E-state index is 0.852. The summed E-state index contributed by atoms with van der Waals surface area (Å²) in [5.74, 6) is 0. The molecule has 0 atom stereocenters. The van der Waals surface area contributed by atoms with E-state index in [1.807, 2.05) is 24.3 Å². The molecule has 10 aromatic rings. The maximum Gasteiger partial charge on any atom is 0.143 e. The second-order valence-corrected chi connectivity index (χ2v) is 12.9. The third kappa shape index (κ3) is 4.90. The smallest absolute Gasteiger partial charge is 0.143 e. The average Bonchev–Trinajstić information content (AvgIpc) is 3.78. The molecule has 0 spiro atoms. The van der Waals surface area contributed by atoms with E-state index in [2.05, 4.69) is 169 Å². The van der Waals surface area contributed by atoms with Crippen molar-refractivity contribution in [3.63, 3.8) is 0 Å². The van der Waals surface area contributed by atoms with E-state index in [0.717, 1.165) is 94.3 Å². The van der Waals surface area contributed by atoms with Crippen molar-refractivity contribution < 1.29 is 8.83 Å². The summed E-state index contributed by atoms with van der Waals surface area (Å²) in [7, 11) is 0. The lowest BCUT2D eigenvalue weighted by molar-refractivity contribution is 0.663. The molecule has 3 nitrogen and oxygen atoms in total. The largest absolute Gasteiger partial charge is 0.456 e. The number of furan rings is 2. The minimum Gasteiger partial charge on any atom is -0.456 e. The molecule has 0 N–H and O–H groups in total. The van der Waals surface area contributed by atoms with E-state index >= 15 is 0 Å². The van der Waals surface area contributed by atoms with Crippen LogP contribution in [0.15, 0.2) is 197 Å². The lowest BCUT2D eigenvalue weighted by Gasteiger charge is -2.25. The highest BCUT2D eigenvalue weighted by molar-refractivity contribution is 6.29. The summed E-state index contributed by atoms with van der Waals surface area (Å²) in [4.78, 5) is 2.28. The van der Waals surface area contributed by atoms with Crippen molar-refractivity contribution in [1.29, 1.82) is 0 Å². The van der Waals surface area contributed by atoms with Crippen molar-refractivity contribution in [1.82, 2.24) is 0 Å². The number of benzene rings is 8. The molecule has 0 amide bonds. The molecule has 2 heterocycles. The van der Waals surface area contributed by atoms with Gasteiger partial charge in [0, 0.05) is 44.2 Å². The van der Waals surface area contributed by atoms with E-state index in [1.165, 1.54) is 0 Å². The molecule has 0 aliphatic rings. The zero-order valence-electron chi connectivity index (χ0n) is 27.7. The highest BCUT2D eigenvalue weighted by Gasteiger charge is 2.22. The standard InChI is InChI=1S/C48H31NO2/c1-4-12-34(13-5-1)39-28-29-40(48-46(39)47-44(51-48)31-30-43-45(47)41-18-10-11-19-42(41)50-43)35-22-20-32(21-23-35)33-24-26-38(27-25-33)49(36-14-6-2-7-15-36)37-16-8-3-9-17-37/h1-31H. The molecule has 0 saturated heterocycles. The molecule has 0 fully saturated rings. The third-order valence-corrected chi connectivity index (χ3v) is 9.89. The molecule has 51 heavy (non-hydrogen) atoms. The fourth-order valence-electron chi connectivity index (χ4n) is 7.51. The first kappa shape index (κ1) is 29.1. The van der Waals surface area contributed by atoms with E-state index in [1.54, 1.807) is 0 Å². The van der Waals surface area contributed by atoms with Crippen molar-refractivity contribution in [2.24, 2.45) is 0 Å². The normalized spacial score (nSPS) is 11.5. The predicted molar refractivity (Wildman–Crippen MR) is 212 cm³/mol. The van der Waals surface area contributed by atoms with Crippen molar-refractivity contribution in [3.05, 3.63) is 188 Å². The van der Waals surface area contributed by atoms with Gasteiger partial charge in [0.15, 0.2) is 0 Å². The molecule has 240 valence electrons. The summed E-state index contributed by atoms with van der Waals surface area (Å²) in [5, 5.41) is 4.38. The van der Waals surface area contributed by atoms with Crippen LogP contribution < -0.4 is 4.90 Å². The summed E-state index contributed by atoms with van der Waals surface area (Å²) in [5.41, 5.74) is 13.6. The van der Waals surface area contributed by atoms with Crippen molar-refractivity contribution in [2.45, 2.75) is 0 Å². The Morgan fingerprint density at radius 2 is 0.784 bits per heavy atom. The molecule has 2 aromatic heterocycles. The predicted octanol–water partition coefficient (Wildman–Crippen LogP) is 14.0. The number of rotatable bonds is 6. The molecule has 0 aliphatic carbocycles. The van der Waals surface area contributed by atoms with Crippen LogP contribution in [0.4, 0.5) is 17.1 Å². The van der Waals surface area contributed by atoms with Crippen LogP contribution in [0.25, 0.3) is 77.3 Å². The van der Waals surface area contributed by atoms with Gasteiger partial charge in [-0.15, -0.1) is 0 Å². The lowest BCUT2D eigenvalue weighted by Crippen LogP contribution is -2.09. The number of hydrogen-bond donors (Lipinski definition) is 0. The van der Waals surface area contributed by atoms with Crippen LogP contribution in [-0.2, 0) is 0 Å². The molecule has 0 bridgehead atoms. The van der Waals surface area contributed by atoms with E-state index < -0.39 is 0 Å². The summed E-state index contributed by atoms with van der Waals surface area (Å²) in [6.07, 6.45) is 0. The second-order valence-electron chi connectivity index (χ2n) is 12.9. The Balaban J connectivity index is 1.07. The van der Waals surface area contributed by atoms with Crippen LogP contribution in [0.1, 0.15) is 0 Å². The van der Waals surface area contributed by atoms with Gasteiger partial charge in [-0.25, -0.2) is 0 Å². The first-order valence-electron chi connectivity index (χ1n) is 17.3.